The number of hydrogen-bond acceptors (Lipinski definition) is 3. The predicted octanol–water partition coefficient (Wildman–Crippen LogP) is 2.32. The molecule has 0 radical (unpaired) electrons. The summed E-state index contributed by atoms with van der Waals surface area (Å²) in [5.74, 6) is -0.844. The summed E-state index contributed by atoms with van der Waals surface area (Å²) in [5.41, 5.74) is 7.16. The van der Waals surface area contributed by atoms with Gasteiger partial charge in [-0.15, -0.1) is 0 Å². The van der Waals surface area contributed by atoms with E-state index in [-0.39, 0.29) is 5.75 Å². The average Bonchev–Trinajstić information content (AvgIpc) is 2.70. The highest BCUT2D eigenvalue weighted by atomic mass is 19.1. The van der Waals surface area contributed by atoms with Crippen LogP contribution in [0.25, 0.3) is 0 Å². The second-order valence-electron chi connectivity index (χ2n) is 5.57. The molecule has 3 N–H and O–H groups in total. The smallest absolute Gasteiger partial charge is 0.165 e. The van der Waals surface area contributed by atoms with E-state index in [2.05, 4.69) is 0 Å². The summed E-state index contributed by atoms with van der Waals surface area (Å²) in [5, 5.41) is 9.91. The van der Waals surface area contributed by atoms with Crippen LogP contribution < -0.4 is 5.73 Å². The zero-order valence-electron chi connectivity index (χ0n) is 11.0. The van der Waals surface area contributed by atoms with Crippen LogP contribution in [0.1, 0.15) is 36.8 Å². The number of hydrogen-bond donors (Lipinski definition) is 2. The summed E-state index contributed by atoms with van der Waals surface area (Å²) in [7, 11) is 3.86. The molecule has 1 aliphatic rings. The van der Waals surface area contributed by atoms with Gasteiger partial charge in [0.1, 0.15) is 0 Å². The lowest BCUT2D eigenvalue weighted by Crippen LogP contribution is -2.33. The van der Waals surface area contributed by atoms with E-state index in [1.54, 1.807) is 0 Å². The summed E-state index contributed by atoms with van der Waals surface area (Å²) in [4.78, 5) is 1.97. The van der Waals surface area contributed by atoms with Crippen LogP contribution in [-0.2, 0) is 12.1 Å². The average molecular weight is 252 g/mol. The van der Waals surface area contributed by atoms with Gasteiger partial charge < -0.3 is 15.7 Å². The fourth-order valence-electron chi connectivity index (χ4n) is 2.77. The molecule has 0 unspecified atom stereocenters. The largest absolute Gasteiger partial charge is 0.505 e. The van der Waals surface area contributed by atoms with Crippen LogP contribution in [0.5, 0.6) is 5.75 Å². The highest BCUT2D eigenvalue weighted by Crippen LogP contribution is 2.41. The summed E-state index contributed by atoms with van der Waals surface area (Å²) < 4.78 is 13.8. The molecule has 0 heterocycles. The van der Waals surface area contributed by atoms with Crippen molar-refractivity contribution in [2.45, 2.75) is 37.8 Å². The van der Waals surface area contributed by atoms with Crippen molar-refractivity contribution in [3.8, 4) is 5.75 Å². The van der Waals surface area contributed by atoms with Gasteiger partial charge >= 0.3 is 0 Å². The van der Waals surface area contributed by atoms with E-state index in [1.165, 1.54) is 6.07 Å². The molecule has 0 atom stereocenters. The van der Waals surface area contributed by atoms with Gasteiger partial charge in [-0.1, -0.05) is 12.8 Å². The van der Waals surface area contributed by atoms with Gasteiger partial charge in [0.25, 0.3) is 0 Å². The van der Waals surface area contributed by atoms with Crippen molar-refractivity contribution in [3.63, 3.8) is 0 Å². The minimum absolute atomic E-state index is 0.276. The molecule has 1 aliphatic carbocycles. The summed E-state index contributed by atoms with van der Waals surface area (Å²) >= 11 is 0. The van der Waals surface area contributed by atoms with Gasteiger partial charge in [0.15, 0.2) is 11.6 Å². The molecule has 0 amide bonds. The van der Waals surface area contributed by atoms with Crippen molar-refractivity contribution < 1.29 is 9.50 Å². The molecule has 4 heteroatoms. The normalized spacial score (nSPS) is 18.5. The first kappa shape index (κ1) is 13.3. The molecule has 2 rings (SSSR count). The molecule has 1 fully saturated rings. The molecular formula is C14H21FN2O. The third-order valence-corrected chi connectivity index (χ3v) is 3.65. The molecule has 1 saturated carbocycles. The van der Waals surface area contributed by atoms with Gasteiger partial charge in [0.2, 0.25) is 0 Å². The van der Waals surface area contributed by atoms with Crippen LogP contribution in [0, 0.1) is 5.82 Å². The Labute approximate surface area is 107 Å². The Balaban J connectivity index is 2.42. The fourth-order valence-corrected chi connectivity index (χ4v) is 2.77. The van der Waals surface area contributed by atoms with Gasteiger partial charge in [0, 0.05) is 17.6 Å². The van der Waals surface area contributed by atoms with Crippen LogP contribution in [0.15, 0.2) is 12.1 Å². The third-order valence-electron chi connectivity index (χ3n) is 3.65. The Bertz CT molecular complexity index is 440. The molecule has 0 bridgehead atoms. The lowest BCUT2D eigenvalue weighted by molar-refractivity contribution is 0.376. The minimum atomic E-state index is -0.568. The number of halogens is 1. The van der Waals surface area contributed by atoms with Gasteiger partial charge in [-0.2, -0.15) is 0 Å². The first-order valence-corrected chi connectivity index (χ1v) is 6.38. The molecule has 0 saturated heterocycles. The van der Waals surface area contributed by atoms with E-state index in [4.69, 9.17) is 5.73 Å². The quantitative estimate of drug-likeness (QED) is 0.868. The zero-order chi connectivity index (χ0) is 13.3. The van der Waals surface area contributed by atoms with Crippen molar-refractivity contribution in [2.75, 3.05) is 14.1 Å². The SMILES string of the molecule is CN(C)Cc1cc(F)c(O)c(C2(N)CCCC2)c1. The maximum absolute atomic E-state index is 13.8. The van der Waals surface area contributed by atoms with Crippen LogP contribution in [0.3, 0.4) is 0 Å². The van der Waals surface area contributed by atoms with Gasteiger partial charge in [-0.3, -0.25) is 0 Å². The number of aromatic hydroxyl groups is 1. The van der Waals surface area contributed by atoms with Crippen LogP contribution in [-0.4, -0.2) is 24.1 Å². The Hall–Kier alpha value is -1.13. The summed E-state index contributed by atoms with van der Waals surface area (Å²) in [6, 6.07) is 3.24. The first-order chi connectivity index (χ1) is 8.42. The van der Waals surface area contributed by atoms with Crippen LogP contribution >= 0.6 is 0 Å². The molecular weight excluding hydrogens is 231 g/mol. The number of rotatable bonds is 3. The lowest BCUT2D eigenvalue weighted by atomic mass is 9.87. The second-order valence-corrected chi connectivity index (χ2v) is 5.57. The van der Waals surface area contributed by atoms with Crippen molar-refractivity contribution in [1.29, 1.82) is 0 Å². The molecule has 0 aromatic heterocycles. The molecule has 100 valence electrons. The first-order valence-electron chi connectivity index (χ1n) is 6.38. The topological polar surface area (TPSA) is 49.5 Å². The maximum Gasteiger partial charge on any atom is 0.165 e. The zero-order valence-corrected chi connectivity index (χ0v) is 11.0. The predicted molar refractivity (Wildman–Crippen MR) is 69.8 cm³/mol. The number of nitrogens with zero attached hydrogens (tertiary/aromatic N) is 1. The van der Waals surface area contributed by atoms with Crippen molar-refractivity contribution in [2.24, 2.45) is 5.73 Å². The third kappa shape index (κ3) is 2.49. The lowest BCUT2D eigenvalue weighted by Gasteiger charge is -2.26. The highest BCUT2D eigenvalue weighted by Gasteiger charge is 2.34. The molecule has 3 nitrogen and oxygen atoms in total. The molecule has 18 heavy (non-hydrogen) atoms. The number of phenols is 1. The number of phenolic OH excluding ortho intramolecular Hbond substituents is 1. The van der Waals surface area contributed by atoms with Crippen LogP contribution in [0.4, 0.5) is 4.39 Å². The van der Waals surface area contributed by atoms with E-state index in [1.807, 2.05) is 25.1 Å². The molecule has 0 spiro atoms. The standard InChI is InChI=1S/C14H21FN2O/c1-17(2)9-10-7-11(13(18)12(15)8-10)14(16)5-3-4-6-14/h7-8,18H,3-6,9,16H2,1-2H3. The fraction of sp³-hybridized carbons (Fsp3) is 0.571. The van der Waals surface area contributed by atoms with Gasteiger partial charge in [-0.05, 0) is 44.6 Å². The van der Waals surface area contributed by atoms with Gasteiger partial charge in [-0.25, -0.2) is 4.39 Å². The van der Waals surface area contributed by atoms with E-state index >= 15 is 0 Å². The molecule has 1 aromatic rings. The van der Waals surface area contributed by atoms with E-state index in [0.717, 1.165) is 31.2 Å². The summed E-state index contributed by atoms with van der Waals surface area (Å²) in [6.07, 6.45) is 3.70. The second kappa shape index (κ2) is 4.86. The minimum Gasteiger partial charge on any atom is -0.505 e. The van der Waals surface area contributed by atoms with Crippen molar-refractivity contribution >= 4 is 0 Å². The Morgan fingerprint density at radius 3 is 2.50 bits per heavy atom. The van der Waals surface area contributed by atoms with Crippen molar-refractivity contribution in [3.05, 3.63) is 29.1 Å². The monoisotopic (exact) mass is 252 g/mol. The highest BCUT2D eigenvalue weighted by molar-refractivity contribution is 5.42. The van der Waals surface area contributed by atoms with E-state index in [9.17, 15) is 9.50 Å². The maximum atomic E-state index is 13.8. The number of benzene rings is 1. The Morgan fingerprint density at radius 1 is 1.33 bits per heavy atom. The van der Waals surface area contributed by atoms with E-state index in [0.29, 0.717) is 12.1 Å². The Kier molecular flexibility index (Phi) is 3.59. The van der Waals surface area contributed by atoms with Crippen LogP contribution in [0.2, 0.25) is 0 Å². The molecule has 0 aliphatic heterocycles. The molecule has 1 aromatic carbocycles. The number of nitrogens with two attached hydrogens (primary N) is 1. The Morgan fingerprint density at radius 2 is 1.94 bits per heavy atom. The van der Waals surface area contributed by atoms with Crippen molar-refractivity contribution in [1.82, 2.24) is 4.90 Å². The van der Waals surface area contributed by atoms with Gasteiger partial charge in [0.05, 0.1) is 0 Å². The summed E-state index contributed by atoms with van der Waals surface area (Å²) in [6.45, 7) is 0.639. The van der Waals surface area contributed by atoms with E-state index < -0.39 is 11.4 Å².